The Balaban J connectivity index is 1.44. The van der Waals surface area contributed by atoms with Gasteiger partial charge in [0, 0.05) is 48.1 Å². The first-order valence-corrected chi connectivity index (χ1v) is 14.0. The fourth-order valence-corrected chi connectivity index (χ4v) is 6.32. The van der Waals surface area contributed by atoms with Crippen molar-refractivity contribution in [2.24, 2.45) is 5.41 Å². The summed E-state index contributed by atoms with van der Waals surface area (Å²) >= 11 is 0. The average Bonchev–Trinajstić information content (AvgIpc) is 3.75. The van der Waals surface area contributed by atoms with Gasteiger partial charge in [0.2, 0.25) is 0 Å². The van der Waals surface area contributed by atoms with E-state index < -0.39 is 5.82 Å². The third-order valence-corrected chi connectivity index (χ3v) is 8.41. The first-order valence-electron chi connectivity index (χ1n) is 14.0. The maximum atomic E-state index is 16.8. The highest BCUT2D eigenvalue weighted by atomic mass is 19.1. The van der Waals surface area contributed by atoms with Crippen LogP contribution in [0.3, 0.4) is 0 Å². The number of piperazine rings is 1. The van der Waals surface area contributed by atoms with Gasteiger partial charge in [-0.05, 0) is 62.2 Å². The summed E-state index contributed by atoms with van der Waals surface area (Å²) in [7, 11) is 4.11. The summed E-state index contributed by atoms with van der Waals surface area (Å²) in [5, 5.41) is 15.9. The molecular formula is C32H32FN5O3. The van der Waals surface area contributed by atoms with Crippen molar-refractivity contribution in [2.45, 2.75) is 18.9 Å². The minimum Gasteiger partial charge on any atom is -0.508 e. The first kappa shape index (κ1) is 25.8. The standard InChI is InChI=1S/C32H32FN5O3/c1-4-19-6-5-7-20-12-22(39)13-23(26(19)20)24-14-25-27-29(28(24)33)35-31(41-18-32(8-9-32)17-37(2)3)36-30(27)38-11-10-34-15-21(38)16-40-25/h1,5-7,12-14,21,34,39H,8-11,15-18H2,2-3H3/t21-/m1/s1. The van der Waals surface area contributed by atoms with Gasteiger partial charge in [0.25, 0.3) is 0 Å². The zero-order valence-electron chi connectivity index (χ0n) is 23.2. The van der Waals surface area contributed by atoms with Gasteiger partial charge in [-0.1, -0.05) is 18.1 Å². The highest BCUT2D eigenvalue weighted by Gasteiger charge is 2.44. The molecular weight excluding hydrogens is 521 g/mol. The molecule has 3 heterocycles. The van der Waals surface area contributed by atoms with Crippen LogP contribution in [0, 0.1) is 23.6 Å². The zero-order valence-corrected chi connectivity index (χ0v) is 23.2. The van der Waals surface area contributed by atoms with Gasteiger partial charge in [-0.15, -0.1) is 6.42 Å². The van der Waals surface area contributed by atoms with Crippen LogP contribution in [0.4, 0.5) is 10.2 Å². The largest absolute Gasteiger partial charge is 0.508 e. The number of terminal acetylenes is 1. The second kappa shape index (κ2) is 9.75. The second-order valence-corrected chi connectivity index (χ2v) is 11.7. The number of aromatic hydroxyl groups is 1. The van der Waals surface area contributed by atoms with Crippen LogP contribution >= 0.6 is 0 Å². The van der Waals surface area contributed by atoms with Crippen molar-refractivity contribution < 1.29 is 19.0 Å². The SMILES string of the molecule is C#Cc1cccc2cc(O)cc(-c3cc4c5c(nc(OCC6(CN(C)C)CC6)nc5c3F)N3CCNC[C@@H]3CO4)c12. The number of phenols is 1. The zero-order chi connectivity index (χ0) is 28.3. The van der Waals surface area contributed by atoms with Crippen molar-refractivity contribution in [3.8, 4) is 41.0 Å². The molecule has 1 atom stereocenters. The van der Waals surface area contributed by atoms with Crippen LogP contribution in [0.15, 0.2) is 36.4 Å². The van der Waals surface area contributed by atoms with Crippen LogP contribution in [0.5, 0.6) is 17.5 Å². The summed E-state index contributed by atoms with van der Waals surface area (Å²) in [4.78, 5) is 13.9. The number of aromatic nitrogens is 2. The van der Waals surface area contributed by atoms with E-state index in [2.05, 4.69) is 40.1 Å². The van der Waals surface area contributed by atoms with E-state index in [0.29, 0.717) is 58.6 Å². The Kier molecular flexibility index (Phi) is 6.14. The van der Waals surface area contributed by atoms with Gasteiger partial charge in [-0.25, -0.2) is 4.39 Å². The van der Waals surface area contributed by atoms with Gasteiger partial charge in [-0.2, -0.15) is 9.97 Å². The van der Waals surface area contributed by atoms with Crippen LogP contribution in [-0.4, -0.2) is 79.5 Å². The number of phenolic OH excluding ortho intramolecular Hbond substituents is 1. The second-order valence-electron chi connectivity index (χ2n) is 11.7. The summed E-state index contributed by atoms with van der Waals surface area (Å²) in [6.45, 7) is 3.99. The molecule has 8 nitrogen and oxygen atoms in total. The summed E-state index contributed by atoms with van der Waals surface area (Å²) in [6, 6.07) is 10.5. The van der Waals surface area contributed by atoms with E-state index in [0.717, 1.165) is 32.5 Å². The third-order valence-electron chi connectivity index (χ3n) is 8.41. The summed E-state index contributed by atoms with van der Waals surface area (Å²) < 4.78 is 29.4. The highest BCUT2D eigenvalue weighted by Crippen LogP contribution is 2.47. The molecule has 1 aliphatic carbocycles. The molecule has 2 aliphatic heterocycles. The summed E-state index contributed by atoms with van der Waals surface area (Å²) in [6.07, 6.45) is 7.99. The molecule has 210 valence electrons. The molecule has 0 radical (unpaired) electrons. The van der Waals surface area contributed by atoms with Gasteiger partial charge in [0.15, 0.2) is 5.82 Å². The van der Waals surface area contributed by atoms with Crippen LogP contribution in [0.2, 0.25) is 0 Å². The average molecular weight is 554 g/mol. The summed E-state index contributed by atoms with van der Waals surface area (Å²) in [5.41, 5.74) is 1.52. The molecule has 4 aromatic rings. The van der Waals surface area contributed by atoms with Crippen molar-refractivity contribution in [1.82, 2.24) is 20.2 Å². The van der Waals surface area contributed by atoms with E-state index in [4.69, 9.17) is 20.9 Å². The number of nitrogens with zero attached hydrogens (tertiary/aromatic N) is 4. The van der Waals surface area contributed by atoms with Crippen molar-refractivity contribution in [2.75, 3.05) is 58.4 Å². The molecule has 3 aliphatic rings. The lowest BCUT2D eigenvalue weighted by molar-refractivity contribution is 0.183. The fourth-order valence-electron chi connectivity index (χ4n) is 6.32. The van der Waals surface area contributed by atoms with Gasteiger partial charge >= 0.3 is 6.01 Å². The van der Waals surface area contributed by atoms with Gasteiger partial charge < -0.3 is 29.7 Å². The van der Waals surface area contributed by atoms with Gasteiger partial charge in [0.1, 0.15) is 29.4 Å². The Morgan fingerprint density at radius 3 is 2.85 bits per heavy atom. The molecule has 0 amide bonds. The molecule has 2 N–H and O–H groups in total. The number of nitrogens with one attached hydrogen (secondary N) is 1. The van der Waals surface area contributed by atoms with Gasteiger partial charge in [-0.3, -0.25) is 0 Å². The topological polar surface area (TPSA) is 83.0 Å². The van der Waals surface area contributed by atoms with Crippen molar-refractivity contribution in [3.63, 3.8) is 0 Å². The van der Waals surface area contributed by atoms with E-state index in [1.54, 1.807) is 18.2 Å². The maximum absolute atomic E-state index is 16.8. The van der Waals surface area contributed by atoms with E-state index in [1.165, 1.54) is 0 Å². The Morgan fingerprint density at radius 1 is 1.22 bits per heavy atom. The molecule has 3 aromatic carbocycles. The molecule has 0 unspecified atom stereocenters. The smallest absolute Gasteiger partial charge is 0.319 e. The van der Waals surface area contributed by atoms with Crippen LogP contribution in [-0.2, 0) is 0 Å². The fraction of sp³-hybridized carbons (Fsp3) is 0.375. The number of hydrogen-bond donors (Lipinski definition) is 2. The normalized spacial score (nSPS) is 19.0. The minimum atomic E-state index is -0.539. The molecule has 1 aromatic heterocycles. The Labute approximate surface area is 238 Å². The van der Waals surface area contributed by atoms with Crippen LogP contribution in [0.25, 0.3) is 32.8 Å². The third kappa shape index (κ3) is 4.48. The quantitative estimate of drug-likeness (QED) is 0.345. The maximum Gasteiger partial charge on any atom is 0.319 e. The molecule has 1 saturated carbocycles. The summed E-state index contributed by atoms with van der Waals surface area (Å²) in [5.74, 6) is 3.30. The first-order chi connectivity index (χ1) is 19.9. The number of halogens is 1. The van der Waals surface area contributed by atoms with Gasteiger partial charge in [0.05, 0.1) is 18.0 Å². The van der Waals surface area contributed by atoms with Crippen molar-refractivity contribution in [1.29, 1.82) is 0 Å². The predicted molar refractivity (Wildman–Crippen MR) is 157 cm³/mol. The highest BCUT2D eigenvalue weighted by molar-refractivity contribution is 6.05. The van der Waals surface area contributed by atoms with E-state index in [-0.39, 0.29) is 34.3 Å². The van der Waals surface area contributed by atoms with Crippen LogP contribution < -0.4 is 19.7 Å². The number of anilines is 1. The molecule has 9 heteroatoms. The molecule has 2 fully saturated rings. The lowest BCUT2D eigenvalue weighted by Gasteiger charge is -2.35. The monoisotopic (exact) mass is 553 g/mol. The lowest BCUT2D eigenvalue weighted by atomic mass is 9.93. The number of rotatable bonds is 6. The van der Waals surface area contributed by atoms with E-state index >= 15 is 4.39 Å². The Hall–Kier alpha value is -4.13. The molecule has 0 spiro atoms. The molecule has 41 heavy (non-hydrogen) atoms. The number of ether oxygens (including phenoxy) is 2. The van der Waals surface area contributed by atoms with Crippen molar-refractivity contribution >= 4 is 27.5 Å². The number of benzene rings is 3. The Morgan fingerprint density at radius 2 is 2.07 bits per heavy atom. The lowest BCUT2D eigenvalue weighted by Crippen LogP contribution is -2.53. The van der Waals surface area contributed by atoms with E-state index in [9.17, 15) is 5.11 Å². The van der Waals surface area contributed by atoms with Crippen LogP contribution in [0.1, 0.15) is 18.4 Å². The number of hydrogen-bond acceptors (Lipinski definition) is 8. The minimum absolute atomic E-state index is 0.0131. The predicted octanol–water partition coefficient (Wildman–Crippen LogP) is 4.17. The number of fused-ring (bicyclic) bond motifs is 3. The van der Waals surface area contributed by atoms with E-state index in [1.807, 2.05) is 18.2 Å². The molecule has 1 saturated heterocycles. The molecule has 7 rings (SSSR count). The van der Waals surface area contributed by atoms with Crippen molar-refractivity contribution in [3.05, 3.63) is 47.8 Å². The Bertz CT molecular complexity index is 1730. The molecule has 0 bridgehead atoms.